The second-order valence-corrected chi connectivity index (χ2v) is 5.49. The molecule has 0 atom stereocenters. The summed E-state index contributed by atoms with van der Waals surface area (Å²) in [6.07, 6.45) is 6.79. The molecule has 0 aliphatic heterocycles. The summed E-state index contributed by atoms with van der Waals surface area (Å²) in [5, 5.41) is 14.2. The average Bonchev–Trinajstić information content (AvgIpc) is 2.89. The smallest absolute Gasteiger partial charge is 0.291 e. The van der Waals surface area contributed by atoms with E-state index in [-0.39, 0.29) is 5.56 Å². The monoisotopic (exact) mass is 293 g/mol. The van der Waals surface area contributed by atoms with Crippen molar-refractivity contribution in [3.63, 3.8) is 0 Å². The van der Waals surface area contributed by atoms with Crippen molar-refractivity contribution in [3.8, 4) is 0 Å². The third-order valence-corrected chi connectivity index (χ3v) is 3.95. The van der Waals surface area contributed by atoms with E-state index in [0.717, 1.165) is 5.69 Å². The molecule has 6 nitrogen and oxygen atoms in total. The van der Waals surface area contributed by atoms with Crippen LogP contribution in [0.25, 0.3) is 0 Å². The Kier molecular flexibility index (Phi) is 3.73. The topological polar surface area (TPSA) is 75.6 Å². The second kappa shape index (κ2) is 5.66. The number of hydrogen-bond acceptors (Lipinski definition) is 4. The van der Waals surface area contributed by atoms with Crippen LogP contribution in [0.1, 0.15) is 25.0 Å². The highest BCUT2D eigenvalue weighted by molar-refractivity contribution is 6.32. The molecular weight excluding hydrogens is 278 g/mol. The van der Waals surface area contributed by atoms with Crippen LogP contribution in [0, 0.1) is 5.92 Å². The maximum absolute atomic E-state index is 12.4. The quantitative estimate of drug-likeness (QED) is 0.884. The normalized spacial score (nSPS) is 15.1. The molecule has 1 fully saturated rings. The Morgan fingerprint density at radius 2 is 2.35 bits per heavy atom. The predicted octanol–water partition coefficient (Wildman–Crippen LogP) is 2.03. The van der Waals surface area contributed by atoms with Gasteiger partial charge in [-0.2, -0.15) is 10.2 Å². The first-order chi connectivity index (χ1) is 9.74. The molecule has 0 aromatic carbocycles. The number of anilines is 1. The standard InChI is InChI=1S/C13H16ClN5O/c14-11-7-17-19(8-9-2-1-3-9)13(20)12(11)15-6-10-4-5-16-18-10/h4-5,7,9,15H,1-3,6,8H2,(H,16,18). The van der Waals surface area contributed by atoms with E-state index in [0.29, 0.717) is 29.7 Å². The Morgan fingerprint density at radius 3 is 3.00 bits per heavy atom. The largest absolute Gasteiger partial charge is 0.374 e. The number of nitrogens with one attached hydrogen (secondary N) is 2. The van der Waals surface area contributed by atoms with Crippen molar-refractivity contribution in [1.82, 2.24) is 20.0 Å². The number of nitrogens with zero attached hydrogens (tertiary/aromatic N) is 3. The van der Waals surface area contributed by atoms with E-state index >= 15 is 0 Å². The van der Waals surface area contributed by atoms with Gasteiger partial charge >= 0.3 is 0 Å². The molecule has 1 aliphatic carbocycles. The molecule has 0 spiro atoms. The molecule has 106 valence electrons. The molecule has 1 aliphatic rings. The molecule has 0 unspecified atom stereocenters. The van der Waals surface area contributed by atoms with Crippen LogP contribution in [-0.2, 0) is 13.1 Å². The number of hydrogen-bond donors (Lipinski definition) is 2. The van der Waals surface area contributed by atoms with Crippen LogP contribution >= 0.6 is 11.6 Å². The van der Waals surface area contributed by atoms with Crippen molar-refractivity contribution in [2.24, 2.45) is 5.92 Å². The fourth-order valence-electron chi connectivity index (χ4n) is 2.25. The van der Waals surface area contributed by atoms with Gasteiger partial charge in [-0.1, -0.05) is 18.0 Å². The lowest BCUT2D eigenvalue weighted by Crippen LogP contribution is -2.30. The summed E-state index contributed by atoms with van der Waals surface area (Å²) in [7, 11) is 0. The van der Waals surface area contributed by atoms with E-state index in [4.69, 9.17) is 11.6 Å². The second-order valence-electron chi connectivity index (χ2n) is 5.09. The minimum Gasteiger partial charge on any atom is -0.374 e. The highest BCUT2D eigenvalue weighted by Gasteiger charge is 2.20. The Bertz CT molecular complexity index is 633. The zero-order chi connectivity index (χ0) is 13.9. The highest BCUT2D eigenvalue weighted by Crippen LogP contribution is 2.27. The van der Waals surface area contributed by atoms with Crippen LogP contribution in [-0.4, -0.2) is 20.0 Å². The lowest BCUT2D eigenvalue weighted by Gasteiger charge is -2.25. The lowest BCUT2D eigenvalue weighted by atomic mass is 9.85. The van der Waals surface area contributed by atoms with Gasteiger partial charge in [0.05, 0.1) is 23.5 Å². The minimum atomic E-state index is -0.163. The van der Waals surface area contributed by atoms with Gasteiger partial charge in [0.1, 0.15) is 5.69 Å². The van der Waals surface area contributed by atoms with Gasteiger partial charge in [-0.3, -0.25) is 9.89 Å². The van der Waals surface area contributed by atoms with Gasteiger partial charge in [0, 0.05) is 12.7 Å². The zero-order valence-electron chi connectivity index (χ0n) is 11.0. The Labute approximate surface area is 121 Å². The Morgan fingerprint density at radius 1 is 1.50 bits per heavy atom. The summed E-state index contributed by atoms with van der Waals surface area (Å²) in [6.45, 7) is 1.15. The maximum atomic E-state index is 12.4. The van der Waals surface area contributed by atoms with Crippen LogP contribution in [0.2, 0.25) is 5.02 Å². The molecule has 2 N–H and O–H groups in total. The number of aromatic nitrogens is 4. The van der Waals surface area contributed by atoms with Gasteiger partial charge in [-0.05, 0) is 24.8 Å². The van der Waals surface area contributed by atoms with Gasteiger partial charge in [0.2, 0.25) is 0 Å². The molecule has 20 heavy (non-hydrogen) atoms. The minimum absolute atomic E-state index is 0.163. The molecule has 2 aromatic rings. The van der Waals surface area contributed by atoms with Crippen LogP contribution in [0.15, 0.2) is 23.3 Å². The Hall–Kier alpha value is -1.82. The highest BCUT2D eigenvalue weighted by atomic mass is 35.5. The molecular formula is C13H16ClN5O. The van der Waals surface area contributed by atoms with Crippen LogP contribution < -0.4 is 10.9 Å². The van der Waals surface area contributed by atoms with Gasteiger partial charge in [0.25, 0.3) is 5.56 Å². The molecule has 0 radical (unpaired) electrons. The van der Waals surface area contributed by atoms with Gasteiger partial charge in [0.15, 0.2) is 0 Å². The van der Waals surface area contributed by atoms with E-state index in [9.17, 15) is 4.79 Å². The van der Waals surface area contributed by atoms with E-state index in [1.54, 1.807) is 6.20 Å². The summed E-state index contributed by atoms with van der Waals surface area (Å²) in [5.74, 6) is 0.571. The molecule has 2 heterocycles. The first-order valence-corrected chi connectivity index (χ1v) is 7.09. The summed E-state index contributed by atoms with van der Waals surface area (Å²) in [5.41, 5.74) is 1.13. The molecule has 0 bridgehead atoms. The third-order valence-electron chi connectivity index (χ3n) is 3.67. The van der Waals surface area contributed by atoms with Crippen molar-refractivity contribution in [2.75, 3.05) is 5.32 Å². The molecule has 2 aromatic heterocycles. The summed E-state index contributed by atoms with van der Waals surface area (Å²) in [6, 6.07) is 1.84. The predicted molar refractivity (Wildman–Crippen MR) is 76.8 cm³/mol. The summed E-state index contributed by atoms with van der Waals surface area (Å²) >= 11 is 6.06. The zero-order valence-corrected chi connectivity index (χ0v) is 11.7. The maximum Gasteiger partial charge on any atom is 0.291 e. The van der Waals surface area contributed by atoms with Crippen LogP contribution in [0.5, 0.6) is 0 Å². The van der Waals surface area contributed by atoms with Crippen molar-refractivity contribution >= 4 is 17.3 Å². The number of rotatable bonds is 5. The van der Waals surface area contributed by atoms with Crippen molar-refractivity contribution in [3.05, 3.63) is 39.5 Å². The Balaban J connectivity index is 1.77. The van der Waals surface area contributed by atoms with Gasteiger partial charge in [-0.25, -0.2) is 4.68 Å². The number of H-pyrrole nitrogens is 1. The van der Waals surface area contributed by atoms with E-state index < -0.39 is 0 Å². The van der Waals surface area contributed by atoms with Crippen molar-refractivity contribution in [2.45, 2.75) is 32.4 Å². The van der Waals surface area contributed by atoms with Crippen LogP contribution in [0.4, 0.5) is 5.69 Å². The molecule has 1 saturated carbocycles. The van der Waals surface area contributed by atoms with E-state index in [1.807, 2.05) is 6.07 Å². The average molecular weight is 294 g/mol. The van der Waals surface area contributed by atoms with E-state index in [1.165, 1.54) is 30.1 Å². The number of halogens is 1. The van der Waals surface area contributed by atoms with Crippen LogP contribution in [0.3, 0.4) is 0 Å². The van der Waals surface area contributed by atoms with E-state index in [2.05, 4.69) is 20.6 Å². The van der Waals surface area contributed by atoms with Gasteiger partial charge in [-0.15, -0.1) is 0 Å². The molecule has 0 saturated heterocycles. The summed E-state index contributed by atoms with van der Waals surface area (Å²) < 4.78 is 1.50. The SMILES string of the molecule is O=c1c(NCc2ccn[nH]2)c(Cl)cnn1CC1CCC1. The molecule has 0 amide bonds. The fourth-order valence-corrected chi connectivity index (χ4v) is 2.44. The van der Waals surface area contributed by atoms with Crippen molar-refractivity contribution in [1.29, 1.82) is 0 Å². The molecule has 7 heteroatoms. The van der Waals surface area contributed by atoms with Gasteiger partial charge < -0.3 is 5.32 Å². The number of aromatic amines is 1. The van der Waals surface area contributed by atoms with Crippen molar-refractivity contribution < 1.29 is 0 Å². The third kappa shape index (κ3) is 2.70. The lowest BCUT2D eigenvalue weighted by molar-refractivity contribution is 0.262. The first-order valence-electron chi connectivity index (χ1n) is 6.72. The molecule has 3 rings (SSSR count). The summed E-state index contributed by atoms with van der Waals surface area (Å²) in [4.78, 5) is 12.4. The fraction of sp³-hybridized carbons (Fsp3) is 0.462. The first kappa shape index (κ1) is 13.2.